The van der Waals surface area contributed by atoms with Crippen LogP contribution in [-0.4, -0.2) is 39.8 Å². The fraction of sp³-hybridized carbons (Fsp3) is 0.857. The summed E-state index contributed by atoms with van der Waals surface area (Å²) in [6.45, 7) is 1.92. The van der Waals surface area contributed by atoms with Crippen LogP contribution >= 0.6 is 0 Å². The topological polar surface area (TPSA) is 105 Å². The van der Waals surface area contributed by atoms with Gasteiger partial charge in [-0.2, -0.15) is 0 Å². The maximum absolute atomic E-state index is 11.3. The molecule has 0 aromatic carbocycles. The third-order valence-corrected chi connectivity index (χ3v) is 3.12. The van der Waals surface area contributed by atoms with Gasteiger partial charge in [0.2, 0.25) is 10.0 Å². The lowest BCUT2D eigenvalue weighted by atomic mass is 10.3. The first kappa shape index (κ1) is 13.3. The van der Waals surface area contributed by atoms with E-state index in [1.165, 1.54) is 14.0 Å². The Balaban J connectivity index is 4.01. The summed E-state index contributed by atoms with van der Waals surface area (Å²) in [5.41, 5.74) is 5.13. The van der Waals surface area contributed by atoms with Crippen molar-refractivity contribution in [2.45, 2.75) is 19.4 Å². The number of nitrogens with one attached hydrogen (secondary N) is 2. The SMILES string of the molecule is COCCCS(=O)(=O)NC(C)C(=N)N. The molecule has 7 heteroatoms. The monoisotopic (exact) mass is 223 g/mol. The Kier molecular flexibility index (Phi) is 5.66. The summed E-state index contributed by atoms with van der Waals surface area (Å²) in [7, 11) is -1.84. The van der Waals surface area contributed by atoms with E-state index in [1.807, 2.05) is 0 Å². The van der Waals surface area contributed by atoms with Gasteiger partial charge >= 0.3 is 0 Å². The van der Waals surface area contributed by atoms with Crippen molar-refractivity contribution in [1.29, 1.82) is 5.41 Å². The molecule has 0 saturated carbocycles. The van der Waals surface area contributed by atoms with Gasteiger partial charge < -0.3 is 10.5 Å². The number of amidine groups is 1. The first-order valence-electron chi connectivity index (χ1n) is 4.22. The normalized spacial score (nSPS) is 13.9. The summed E-state index contributed by atoms with van der Waals surface area (Å²) in [5, 5.41) is 7.02. The van der Waals surface area contributed by atoms with Crippen molar-refractivity contribution >= 4 is 15.9 Å². The molecule has 0 aliphatic heterocycles. The molecule has 0 heterocycles. The summed E-state index contributed by atoms with van der Waals surface area (Å²) in [6, 6.07) is -0.650. The maximum Gasteiger partial charge on any atom is 0.212 e. The first-order chi connectivity index (χ1) is 6.39. The fourth-order valence-corrected chi connectivity index (χ4v) is 2.07. The molecule has 0 spiro atoms. The Morgan fingerprint density at radius 3 is 2.64 bits per heavy atom. The van der Waals surface area contributed by atoms with Crippen LogP contribution < -0.4 is 10.5 Å². The van der Waals surface area contributed by atoms with Crippen LogP contribution in [0.2, 0.25) is 0 Å². The van der Waals surface area contributed by atoms with E-state index >= 15 is 0 Å². The standard InChI is InChI=1S/C7H17N3O3S/c1-6(7(8)9)10-14(11,12)5-3-4-13-2/h6,10H,3-5H2,1-2H3,(H3,8,9). The van der Waals surface area contributed by atoms with Crippen molar-refractivity contribution in [2.75, 3.05) is 19.5 Å². The number of hydrogen-bond donors (Lipinski definition) is 3. The largest absolute Gasteiger partial charge is 0.386 e. The lowest BCUT2D eigenvalue weighted by molar-refractivity contribution is 0.199. The van der Waals surface area contributed by atoms with Crippen LogP contribution in [0.4, 0.5) is 0 Å². The van der Waals surface area contributed by atoms with E-state index in [-0.39, 0.29) is 11.6 Å². The molecule has 0 rings (SSSR count). The van der Waals surface area contributed by atoms with Crippen molar-refractivity contribution in [3.05, 3.63) is 0 Å². The van der Waals surface area contributed by atoms with Crippen LogP contribution in [0, 0.1) is 5.41 Å². The molecule has 0 aliphatic rings. The Labute approximate surface area is 84.4 Å². The smallest absolute Gasteiger partial charge is 0.212 e. The van der Waals surface area contributed by atoms with E-state index in [4.69, 9.17) is 15.9 Å². The molecule has 0 amide bonds. The number of rotatable bonds is 7. The highest BCUT2D eigenvalue weighted by Gasteiger charge is 2.15. The molecule has 0 bridgehead atoms. The minimum absolute atomic E-state index is 0.0154. The third-order valence-electron chi connectivity index (χ3n) is 1.58. The summed E-state index contributed by atoms with van der Waals surface area (Å²) < 4.78 is 29.6. The molecular weight excluding hydrogens is 206 g/mol. The molecule has 0 aromatic heterocycles. The Morgan fingerprint density at radius 2 is 2.21 bits per heavy atom. The second-order valence-corrected chi connectivity index (χ2v) is 4.83. The fourth-order valence-electron chi connectivity index (χ4n) is 0.785. The molecule has 84 valence electrons. The minimum atomic E-state index is -3.35. The van der Waals surface area contributed by atoms with Crippen molar-refractivity contribution in [3.8, 4) is 0 Å². The van der Waals surface area contributed by atoms with Gasteiger partial charge in [0.15, 0.2) is 0 Å². The molecule has 1 unspecified atom stereocenters. The van der Waals surface area contributed by atoms with E-state index in [0.29, 0.717) is 13.0 Å². The van der Waals surface area contributed by atoms with Crippen molar-refractivity contribution in [3.63, 3.8) is 0 Å². The second kappa shape index (κ2) is 5.94. The van der Waals surface area contributed by atoms with Crippen LogP contribution in [0.1, 0.15) is 13.3 Å². The van der Waals surface area contributed by atoms with E-state index in [2.05, 4.69) is 4.72 Å². The Hall–Kier alpha value is -0.660. The lowest BCUT2D eigenvalue weighted by Gasteiger charge is -2.12. The maximum atomic E-state index is 11.3. The molecule has 6 nitrogen and oxygen atoms in total. The predicted octanol–water partition coefficient (Wildman–Crippen LogP) is -0.733. The molecule has 4 N–H and O–H groups in total. The van der Waals surface area contributed by atoms with E-state index < -0.39 is 16.1 Å². The van der Waals surface area contributed by atoms with Crippen LogP contribution in [0.3, 0.4) is 0 Å². The quantitative estimate of drug-likeness (QED) is 0.300. The predicted molar refractivity (Wildman–Crippen MR) is 54.8 cm³/mol. The first-order valence-corrected chi connectivity index (χ1v) is 5.87. The van der Waals surface area contributed by atoms with Crippen molar-refractivity contribution in [2.24, 2.45) is 5.73 Å². The van der Waals surface area contributed by atoms with Crippen molar-refractivity contribution in [1.82, 2.24) is 4.72 Å². The molecular formula is C7H17N3O3S. The third kappa shape index (κ3) is 5.90. The number of sulfonamides is 1. The average Bonchev–Trinajstić information content (AvgIpc) is 2.03. The van der Waals surface area contributed by atoms with Gasteiger partial charge in [0, 0.05) is 13.7 Å². The van der Waals surface area contributed by atoms with Gasteiger partial charge in [-0.15, -0.1) is 0 Å². The highest BCUT2D eigenvalue weighted by molar-refractivity contribution is 7.89. The molecule has 0 saturated heterocycles. The molecule has 0 aromatic rings. The molecule has 0 fully saturated rings. The van der Waals surface area contributed by atoms with Gasteiger partial charge in [0.05, 0.1) is 11.8 Å². The summed E-state index contributed by atoms with van der Waals surface area (Å²) in [5.74, 6) is -0.210. The van der Waals surface area contributed by atoms with Gasteiger partial charge in [0.25, 0.3) is 0 Å². The van der Waals surface area contributed by atoms with Crippen LogP contribution in [0.15, 0.2) is 0 Å². The molecule has 0 aliphatic carbocycles. The van der Waals surface area contributed by atoms with Gasteiger partial charge in [-0.3, -0.25) is 5.41 Å². The zero-order valence-corrected chi connectivity index (χ0v) is 9.23. The zero-order valence-electron chi connectivity index (χ0n) is 8.41. The van der Waals surface area contributed by atoms with Gasteiger partial charge in [-0.05, 0) is 13.3 Å². The van der Waals surface area contributed by atoms with Crippen LogP contribution in [0.25, 0.3) is 0 Å². The van der Waals surface area contributed by atoms with Crippen LogP contribution in [0.5, 0.6) is 0 Å². The van der Waals surface area contributed by atoms with E-state index in [1.54, 1.807) is 0 Å². The number of methoxy groups -OCH3 is 1. The number of hydrogen-bond acceptors (Lipinski definition) is 4. The van der Waals surface area contributed by atoms with Gasteiger partial charge in [0.1, 0.15) is 5.84 Å². The lowest BCUT2D eigenvalue weighted by Crippen LogP contribution is -2.42. The van der Waals surface area contributed by atoms with Crippen molar-refractivity contribution < 1.29 is 13.2 Å². The second-order valence-electron chi connectivity index (χ2n) is 2.96. The van der Waals surface area contributed by atoms with E-state index in [0.717, 1.165) is 0 Å². The molecule has 14 heavy (non-hydrogen) atoms. The zero-order chi connectivity index (χ0) is 11.2. The van der Waals surface area contributed by atoms with Crippen LogP contribution in [-0.2, 0) is 14.8 Å². The highest BCUT2D eigenvalue weighted by atomic mass is 32.2. The summed E-state index contributed by atoms with van der Waals surface area (Å²) in [4.78, 5) is 0. The highest BCUT2D eigenvalue weighted by Crippen LogP contribution is 1.93. The number of nitrogens with two attached hydrogens (primary N) is 1. The van der Waals surface area contributed by atoms with Gasteiger partial charge in [-0.1, -0.05) is 0 Å². The molecule has 1 atom stereocenters. The minimum Gasteiger partial charge on any atom is -0.386 e. The molecule has 0 radical (unpaired) electrons. The summed E-state index contributed by atoms with van der Waals surface area (Å²) >= 11 is 0. The average molecular weight is 223 g/mol. The van der Waals surface area contributed by atoms with E-state index in [9.17, 15) is 8.42 Å². The summed E-state index contributed by atoms with van der Waals surface area (Å²) in [6.07, 6.45) is 0.427. The number of ether oxygens (including phenoxy) is 1. The Bertz CT molecular complexity index is 276. The Morgan fingerprint density at radius 1 is 1.64 bits per heavy atom. The van der Waals surface area contributed by atoms with Gasteiger partial charge in [-0.25, -0.2) is 13.1 Å².